The van der Waals surface area contributed by atoms with Gasteiger partial charge in [-0.3, -0.25) is 4.90 Å². The Morgan fingerprint density at radius 1 is 1.28 bits per heavy atom. The molecule has 2 heteroatoms. The predicted molar refractivity (Wildman–Crippen MR) is 77.5 cm³/mol. The van der Waals surface area contributed by atoms with Crippen LogP contribution in [0.15, 0.2) is 24.3 Å². The maximum atomic E-state index is 6.36. The topological polar surface area (TPSA) is 29.3 Å². The quantitative estimate of drug-likeness (QED) is 0.835. The SMILES string of the molecule is Cc1cccc(C(N)CN(CC(C)C)C2CC2)c1. The summed E-state index contributed by atoms with van der Waals surface area (Å²) in [5, 5.41) is 0. The van der Waals surface area contributed by atoms with Gasteiger partial charge in [0.15, 0.2) is 0 Å². The first-order chi connectivity index (χ1) is 8.56. The molecule has 1 fully saturated rings. The highest BCUT2D eigenvalue weighted by Gasteiger charge is 2.30. The van der Waals surface area contributed by atoms with Gasteiger partial charge in [-0.1, -0.05) is 43.7 Å². The Bertz CT molecular complexity index is 382. The molecule has 0 aromatic heterocycles. The summed E-state index contributed by atoms with van der Waals surface area (Å²) in [5.41, 5.74) is 8.93. The lowest BCUT2D eigenvalue weighted by Crippen LogP contribution is -2.36. The molecule has 1 aromatic carbocycles. The smallest absolute Gasteiger partial charge is 0.0424 e. The van der Waals surface area contributed by atoms with Gasteiger partial charge in [0.05, 0.1) is 0 Å². The molecule has 0 aliphatic heterocycles. The van der Waals surface area contributed by atoms with Crippen molar-refractivity contribution in [1.29, 1.82) is 0 Å². The molecule has 2 N–H and O–H groups in total. The number of hydrogen-bond acceptors (Lipinski definition) is 2. The van der Waals surface area contributed by atoms with E-state index >= 15 is 0 Å². The third kappa shape index (κ3) is 3.82. The zero-order valence-corrected chi connectivity index (χ0v) is 11.9. The molecule has 1 atom stereocenters. The zero-order chi connectivity index (χ0) is 13.1. The average Bonchev–Trinajstić information content (AvgIpc) is 3.11. The van der Waals surface area contributed by atoms with E-state index in [-0.39, 0.29) is 6.04 Å². The van der Waals surface area contributed by atoms with Gasteiger partial charge in [-0.05, 0) is 31.2 Å². The molecule has 0 heterocycles. The molecule has 1 aromatic rings. The average molecular weight is 246 g/mol. The van der Waals surface area contributed by atoms with Crippen LogP contribution in [0.25, 0.3) is 0 Å². The van der Waals surface area contributed by atoms with Crippen LogP contribution in [-0.2, 0) is 0 Å². The summed E-state index contributed by atoms with van der Waals surface area (Å²) in [6, 6.07) is 9.54. The van der Waals surface area contributed by atoms with E-state index < -0.39 is 0 Å². The lowest BCUT2D eigenvalue weighted by molar-refractivity contribution is 0.221. The van der Waals surface area contributed by atoms with Crippen molar-refractivity contribution in [1.82, 2.24) is 4.90 Å². The number of hydrogen-bond donors (Lipinski definition) is 1. The van der Waals surface area contributed by atoms with Gasteiger partial charge >= 0.3 is 0 Å². The molecule has 0 bridgehead atoms. The Kier molecular flexibility index (Phi) is 4.41. The third-order valence-electron chi connectivity index (χ3n) is 3.56. The summed E-state index contributed by atoms with van der Waals surface area (Å²) in [4.78, 5) is 2.58. The second-order valence-corrected chi connectivity index (χ2v) is 6.10. The van der Waals surface area contributed by atoms with Gasteiger partial charge in [-0.25, -0.2) is 0 Å². The van der Waals surface area contributed by atoms with Gasteiger partial charge in [0.2, 0.25) is 0 Å². The molecule has 0 amide bonds. The van der Waals surface area contributed by atoms with Gasteiger partial charge in [0.1, 0.15) is 0 Å². The summed E-state index contributed by atoms with van der Waals surface area (Å²) >= 11 is 0. The van der Waals surface area contributed by atoms with Crippen molar-refractivity contribution in [3.05, 3.63) is 35.4 Å². The van der Waals surface area contributed by atoms with Crippen molar-refractivity contribution in [3.63, 3.8) is 0 Å². The summed E-state index contributed by atoms with van der Waals surface area (Å²) in [5.74, 6) is 0.718. The van der Waals surface area contributed by atoms with Gasteiger partial charge in [0.25, 0.3) is 0 Å². The fraction of sp³-hybridized carbons (Fsp3) is 0.625. The maximum absolute atomic E-state index is 6.36. The molecule has 1 unspecified atom stereocenters. The lowest BCUT2D eigenvalue weighted by Gasteiger charge is -2.27. The standard InChI is InChI=1S/C16H26N2/c1-12(2)10-18(15-7-8-15)11-16(17)14-6-4-5-13(3)9-14/h4-6,9,12,15-16H,7-8,10-11,17H2,1-3H3. The van der Waals surface area contributed by atoms with Crippen LogP contribution >= 0.6 is 0 Å². The van der Waals surface area contributed by atoms with Crippen molar-refractivity contribution in [2.24, 2.45) is 11.7 Å². The Labute approximate surface area is 111 Å². The first-order valence-electron chi connectivity index (χ1n) is 7.12. The third-order valence-corrected chi connectivity index (χ3v) is 3.56. The van der Waals surface area contributed by atoms with Crippen LogP contribution in [0.5, 0.6) is 0 Å². The minimum atomic E-state index is 0.143. The van der Waals surface area contributed by atoms with Crippen molar-refractivity contribution >= 4 is 0 Å². The number of nitrogens with zero attached hydrogens (tertiary/aromatic N) is 1. The number of benzene rings is 1. The molecule has 18 heavy (non-hydrogen) atoms. The van der Waals surface area contributed by atoms with Crippen molar-refractivity contribution < 1.29 is 0 Å². The van der Waals surface area contributed by atoms with Crippen LogP contribution < -0.4 is 5.73 Å². The molecule has 0 spiro atoms. The summed E-state index contributed by atoms with van der Waals surface area (Å²) in [6.45, 7) is 8.86. The normalized spacial score (nSPS) is 17.4. The van der Waals surface area contributed by atoms with Gasteiger partial charge < -0.3 is 5.73 Å². The molecule has 0 saturated heterocycles. The molecule has 1 saturated carbocycles. The number of nitrogens with two attached hydrogens (primary N) is 1. The zero-order valence-electron chi connectivity index (χ0n) is 11.9. The van der Waals surface area contributed by atoms with E-state index in [0.717, 1.165) is 18.5 Å². The highest BCUT2D eigenvalue weighted by atomic mass is 15.2. The highest BCUT2D eigenvalue weighted by Crippen LogP contribution is 2.29. The Morgan fingerprint density at radius 2 is 2.00 bits per heavy atom. The first kappa shape index (κ1) is 13.6. The summed E-state index contributed by atoms with van der Waals surface area (Å²) in [6.07, 6.45) is 2.71. The molecular weight excluding hydrogens is 220 g/mol. The molecule has 1 aliphatic rings. The van der Waals surface area contributed by atoms with Crippen molar-refractivity contribution in [2.45, 2.75) is 45.7 Å². The van der Waals surface area contributed by atoms with E-state index in [2.05, 4.69) is 49.9 Å². The maximum Gasteiger partial charge on any atom is 0.0424 e. The van der Waals surface area contributed by atoms with Gasteiger partial charge in [-0.15, -0.1) is 0 Å². The fourth-order valence-corrected chi connectivity index (χ4v) is 2.54. The Hall–Kier alpha value is -0.860. The van der Waals surface area contributed by atoms with E-state index in [1.54, 1.807) is 0 Å². The van der Waals surface area contributed by atoms with Crippen LogP contribution in [0.3, 0.4) is 0 Å². The number of rotatable bonds is 6. The van der Waals surface area contributed by atoms with Gasteiger partial charge in [-0.2, -0.15) is 0 Å². The van der Waals surface area contributed by atoms with Crippen molar-refractivity contribution in [2.75, 3.05) is 13.1 Å². The van der Waals surface area contributed by atoms with Gasteiger partial charge in [0, 0.05) is 25.2 Å². The molecule has 2 rings (SSSR count). The number of aryl methyl sites for hydroxylation is 1. The summed E-state index contributed by atoms with van der Waals surface area (Å²) < 4.78 is 0. The van der Waals surface area contributed by atoms with E-state index in [1.165, 1.54) is 30.5 Å². The van der Waals surface area contributed by atoms with Crippen LogP contribution in [0, 0.1) is 12.8 Å². The van der Waals surface area contributed by atoms with E-state index in [0.29, 0.717) is 0 Å². The second kappa shape index (κ2) is 5.85. The monoisotopic (exact) mass is 246 g/mol. The molecule has 0 radical (unpaired) electrons. The first-order valence-corrected chi connectivity index (χ1v) is 7.12. The van der Waals surface area contributed by atoms with E-state index in [1.807, 2.05) is 0 Å². The Morgan fingerprint density at radius 3 is 2.56 bits per heavy atom. The van der Waals surface area contributed by atoms with Crippen LogP contribution in [-0.4, -0.2) is 24.0 Å². The van der Waals surface area contributed by atoms with E-state index in [4.69, 9.17) is 5.73 Å². The fourth-order valence-electron chi connectivity index (χ4n) is 2.54. The van der Waals surface area contributed by atoms with Crippen LogP contribution in [0.2, 0.25) is 0 Å². The molecule has 2 nitrogen and oxygen atoms in total. The van der Waals surface area contributed by atoms with Crippen LogP contribution in [0.4, 0.5) is 0 Å². The minimum Gasteiger partial charge on any atom is -0.323 e. The van der Waals surface area contributed by atoms with Crippen LogP contribution in [0.1, 0.15) is 43.9 Å². The second-order valence-electron chi connectivity index (χ2n) is 6.10. The van der Waals surface area contributed by atoms with E-state index in [9.17, 15) is 0 Å². The Balaban J connectivity index is 1.97. The molecule has 100 valence electrons. The minimum absolute atomic E-state index is 0.143. The highest BCUT2D eigenvalue weighted by molar-refractivity contribution is 5.25. The predicted octanol–water partition coefficient (Wildman–Crippen LogP) is 3.12. The van der Waals surface area contributed by atoms with Crippen molar-refractivity contribution in [3.8, 4) is 0 Å². The lowest BCUT2D eigenvalue weighted by atomic mass is 10.0. The molecule has 1 aliphatic carbocycles. The largest absolute Gasteiger partial charge is 0.323 e. The summed E-state index contributed by atoms with van der Waals surface area (Å²) in [7, 11) is 0. The molecular formula is C16H26N2.